The molecule has 80 valence electrons. The minimum absolute atomic E-state index is 0.803. The fourth-order valence-corrected chi connectivity index (χ4v) is 2.01. The van der Waals surface area contributed by atoms with E-state index in [2.05, 4.69) is 22.6 Å². The fourth-order valence-electron chi connectivity index (χ4n) is 1.19. The third-order valence-electron chi connectivity index (χ3n) is 2.07. The summed E-state index contributed by atoms with van der Waals surface area (Å²) in [6, 6.07) is 0. The van der Waals surface area contributed by atoms with Crippen molar-refractivity contribution >= 4 is 16.5 Å². The van der Waals surface area contributed by atoms with Gasteiger partial charge < -0.3 is 11.1 Å². The summed E-state index contributed by atoms with van der Waals surface area (Å²) in [7, 11) is 0. The monoisotopic (exact) mass is 213 g/mol. The van der Waals surface area contributed by atoms with Gasteiger partial charge in [-0.3, -0.25) is 0 Å². The first-order valence-electron chi connectivity index (χ1n) is 5.25. The Morgan fingerprint density at radius 2 is 2.29 bits per heavy atom. The zero-order valence-electron chi connectivity index (χ0n) is 8.75. The van der Waals surface area contributed by atoms with E-state index < -0.39 is 0 Å². The van der Waals surface area contributed by atoms with Crippen LogP contribution >= 0.6 is 11.3 Å². The van der Waals surface area contributed by atoms with Crippen molar-refractivity contribution in [3.8, 4) is 0 Å². The zero-order chi connectivity index (χ0) is 10.2. The van der Waals surface area contributed by atoms with E-state index in [1.807, 2.05) is 0 Å². The average molecular weight is 213 g/mol. The maximum absolute atomic E-state index is 5.41. The summed E-state index contributed by atoms with van der Waals surface area (Å²) >= 11 is 1.69. The molecule has 0 aliphatic heterocycles. The van der Waals surface area contributed by atoms with Crippen LogP contribution in [0.5, 0.6) is 0 Å². The van der Waals surface area contributed by atoms with Crippen LogP contribution < -0.4 is 11.1 Å². The molecule has 3 N–H and O–H groups in total. The molecule has 0 aliphatic carbocycles. The molecule has 14 heavy (non-hydrogen) atoms. The van der Waals surface area contributed by atoms with Crippen molar-refractivity contribution in [2.45, 2.75) is 32.6 Å². The van der Waals surface area contributed by atoms with Gasteiger partial charge in [-0.1, -0.05) is 13.3 Å². The summed E-state index contributed by atoms with van der Waals surface area (Å²) in [6.45, 7) is 3.94. The molecule has 0 aliphatic rings. The lowest BCUT2D eigenvalue weighted by molar-refractivity contribution is 0.707. The molecule has 0 bridgehead atoms. The smallest absolute Gasteiger partial charge is 0.182 e. The van der Waals surface area contributed by atoms with Gasteiger partial charge in [-0.25, -0.2) is 4.98 Å². The molecule has 1 rings (SSSR count). The molecule has 0 atom stereocenters. The summed E-state index contributed by atoms with van der Waals surface area (Å²) in [4.78, 5) is 4.43. The van der Waals surface area contributed by atoms with Crippen LogP contribution in [0, 0.1) is 0 Å². The van der Waals surface area contributed by atoms with Gasteiger partial charge in [0, 0.05) is 11.9 Å². The second-order valence-electron chi connectivity index (χ2n) is 3.27. The lowest BCUT2D eigenvalue weighted by Gasteiger charge is -2.01. The zero-order valence-corrected chi connectivity index (χ0v) is 9.57. The van der Waals surface area contributed by atoms with Gasteiger partial charge in [0.1, 0.15) is 0 Å². The Morgan fingerprint density at radius 1 is 1.43 bits per heavy atom. The van der Waals surface area contributed by atoms with E-state index in [9.17, 15) is 0 Å². The Hall–Kier alpha value is -0.610. The van der Waals surface area contributed by atoms with Gasteiger partial charge in [0.15, 0.2) is 5.13 Å². The summed E-state index contributed by atoms with van der Waals surface area (Å²) in [6.07, 6.45) is 4.53. The van der Waals surface area contributed by atoms with E-state index in [4.69, 9.17) is 5.73 Å². The number of rotatable bonds is 7. The molecule has 1 heterocycles. The van der Waals surface area contributed by atoms with Gasteiger partial charge in [0.2, 0.25) is 0 Å². The van der Waals surface area contributed by atoms with Crippen LogP contribution in [0.1, 0.15) is 31.9 Å². The van der Waals surface area contributed by atoms with E-state index in [1.54, 1.807) is 11.3 Å². The second-order valence-corrected chi connectivity index (χ2v) is 4.13. The topological polar surface area (TPSA) is 50.9 Å². The Labute approximate surface area is 89.7 Å². The molecule has 0 fully saturated rings. The lowest BCUT2D eigenvalue weighted by Crippen LogP contribution is -2.03. The number of nitrogens with one attached hydrogen (secondary N) is 1. The van der Waals surface area contributed by atoms with Gasteiger partial charge in [-0.2, -0.15) is 0 Å². The number of nitrogens with two attached hydrogens (primary N) is 1. The molecular formula is C10H19N3S. The molecule has 0 saturated heterocycles. The molecule has 0 unspecified atom stereocenters. The molecule has 1 aromatic heterocycles. The van der Waals surface area contributed by atoms with Crippen LogP contribution in [-0.4, -0.2) is 18.1 Å². The van der Waals surface area contributed by atoms with Crippen LogP contribution in [0.4, 0.5) is 5.13 Å². The highest BCUT2D eigenvalue weighted by atomic mass is 32.1. The van der Waals surface area contributed by atoms with Crippen LogP contribution in [0.15, 0.2) is 5.38 Å². The third-order valence-corrected chi connectivity index (χ3v) is 2.92. The maximum Gasteiger partial charge on any atom is 0.182 e. The second kappa shape index (κ2) is 6.79. The van der Waals surface area contributed by atoms with Crippen molar-refractivity contribution in [3.63, 3.8) is 0 Å². The van der Waals surface area contributed by atoms with Gasteiger partial charge >= 0.3 is 0 Å². The third kappa shape index (κ3) is 4.07. The van der Waals surface area contributed by atoms with Crippen molar-refractivity contribution in [3.05, 3.63) is 11.1 Å². The van der Waals surface area contributed by atoms with Crippen molar-refractivity contribution in [2.24, 2.45) is 5.73 Å². The molecule has 3 nitrogen and oxygen atoms in total. The standard InChI is InChI=1S/C10H19N3S/c1-2-9-8-14-10(13-9)12-7-5-3-4-6-11/h8H,2-7,11H2,1H3,(H,12,13). The van der Waals surface area contributed by atoms with E-state index in [0.29, 0.717) is 0 Å². The highest BCUT2D eigenvalue weighted by molar-refractivity contribution is 7.13. The fraction of sp³-hybridized carbons (Fsp3) is 0.700. The highest BCUT2D eigenvalue weighted by Gasteiger charge is 1.98. The molecular weight excluding hydrogens is 194 g/mol. The van der Waals surface area contributed by atoms with E-state index in [1.165, 1.54) is 18.5 Å². The number of unbranched alkanes of at least 4 members (excludes halogenated alkanes) is 2. The summed E-state index contributed by atoms with van der Waals surface area (Å²) in [5.74, 6) is 0. The van der Waals surface area contributed by atoms with E-state index in [-0.39, 0.29) is 0 Å². The Bertz CT molecular complexity index is 247. The molecule has 0 amide bonds. The summed E-state index contributed by atoms with van der Waals surface area (Å²) in [5, 5.41) is 6.49. The van der Waals surface area contributed by atoms with E-state index >= 15 is 0 Å². The normalized spacial score (nSPS) is 10.4. The van der Waals surface area contributed by atoms with Crippen molar-refractivity contribution in [1.82, 2.24) is 4.98 Å². The number of aromatic nitrogens is 1. The van der Waals surface area contributed by atoms with Crippen molar-refractivity contribution in [2.75, 3.05) is 18.4 Å². The van der Waals surface area contributed by atoms with Crippen LogP contribution in [0.2, 0.25) is 0 Å². The summed E-state index contributed by atoms with van der Waals surface area (Å²) in [5.41, 5.74) is 6.59. The van der Waals surface area contributed by atoms with Crippen LogP contribution in [-0.2, 0) is 6.42 Å². The highest BCUT2D eigenvalue weighted by Crippen LogP contribution is 2.15. The number of aryl methyl sites for hydroxylation is 1. The van der Waals surface area contributed by atoms with Gasteiger partial charge in [0.25, 0.3) is 0 Å². The number of anilines is 1. The SMILES string of the molecule is CCc1csc(NCCCCCN)n1. The Morgan fingerprint density at radius 3 is 2.93 bits per heavy atom. The number of thiazole rings is 1. The largest absolute Gasteiger partial charge is 0.362 e. The predicted molar refractivity (Wildman–Crippen MR) is 62.9 cm³/mol. The minimum atomic E-state index is 0.803. The average Bonchev–Trinajstić information content (AvgIpc) is 2.65. The van der Waals surface area contributed by atoms with E-state index in [0.717, 1.165) is 31.1 Å². The molecule has 0 saturated carbocycles. The maximum atomic E-state index is 5.41. The molecule has 4 heteroatoms. The first-order chi connectivity index (χ1) is 6.86. The quantitative estimate of drug-likeness (QED) is 0.683. The molecule has 0 aromatic carbocycles. The summed E-state index contributed by atoms with van der Waals surface area (Å²) < 4.78 is 0. The first-order valence-corrected chi connectivity index (χ1v) is 6.13. The van der Waals surface area contributed by atoms with Gasteiger partial charge in [-0.05, 0) is 25.8 Å². The predicted octanol–water partition coefficient (Wildman–Crippen LogP) is 2.25. The molecule has 0 radical (unpaired) electrons. The van der Waals surface area contributed by atoms with Crippen molar-refractivity contribution < 1.29 is 0 Å². The Balaban J connectivity index is 2.12. The van der Waals surface area contributed by atoms with Gasteiger partial charge in [-0.15, -0.1) is 11.3 Å². The van der Waals surface area contributed by atoms with Crippen molar-refractivity contribution in [1.29, 1.82) is 0 Å². The van der Waals surface area contributed by atoms with Crippen LogP contribution in [0.25, 0.3) is 0 Å². The minimum Gasteiger partial charge on any atom is -0.362 e. The number of hydrogen-bond donors (Lipinski definition) is 2. The number of hydrogen-bond acceptors (Lipinski definition) is 4. The first kappa shape index (κ1) is 11.5. The lowest BCUT2D eigenvalue weighted by atomic mass is 10.2. The molecule has 0 spiro atoms. The number of nitrogens with zero attached hydrogens (tertiary/aromatic N) is 1. The van der Waals surface area contributed by atoms with Crippen LogP contribution in [0.3, 0.4) is 0 Å². The molecule has 1 aromatic rings. The Kier molecular flexibility index (Phi) is 5.56. The van der Waals surface area contributed by atoms with Gasteiger partial charge in [0.05, 0.1) is 5.69 Å².